The molecule has 1 nitrogen and oxygen atoms in total. The summed E-state index contributed by atoms with van der Waals surface area (Å²) < 4.78 is 0. The quantitative estimate of drug-likeness (QED) is 0.548. The molecule has 48 valence electrons. The Bertz CT molecular complexity index is 86.4. The molecule has 1 fully saturated rings. The molecule has 0 saturated heterocycles. The molecule has 1 heteroatoms. The third-order valence-electron chi connectivity index (χ3n) is 2.54. The second-order valence-corrected chi connectivity index (χ2v) is 2.90. The molecule has 0 spiro atoms. The molecule has 0 radical (unpaired) electrons. The molecular formula is C7H14O. The molecule has 0 aliphatic heterocycles. The predicted molar refractivity (Wildman–Crippen MR) is 33.6 cm³/mol. The predicted octanol–water partition coefficient (Wildman–Crippen LogP) is 1.56. The van der Waals surface area contributed by atoms with E-state index in [4.69, 9.17) is 0 Å². The first-order valence-corrected chi connectivity index (χ1v) is 3.41. The molecule has 0 aromatic rings. The van der Waals surface area contributed by atoms with Crippen LogP contribution in [0.1, 0.15) is 33.1 Å². The molecule has 1 aliphatic rings. The lowest BCUT2D eigenvalue weighted by molar-refractivity contribution is -0.0883. The fourth-order valence-corrected chi connectivity index (χ4v) is 1.29. The van der Waals surface area contributed by atoms with Crippen LogP contribution in [0.25, 0.3) is 0 Å². The summed E-state index contributed by atoms with van der Waals surface area (Å²) >= 11 is 0. The third-order valence-corrected chi connectivity index (χ3v) is 2.54. The van der Waals surface area contributed by atoms with E-state index in [1.54, 1.807) is 0 Å². The Hall–Kier alpha value is -0.0400. The normalized spacial score (nSPS) is 46.1. The van der Waals surface area contributed by atoms with Crippen LogP contribution in [0.5, 0.6) is 0 Å². The maximum Gasteiger partial charge on any atom is 0.0670 e. The van der Waals surface area contributed by atoms with E-state index < -0.39 is 0 Å². The highest BCUT2D eigenvalue weighted by Crippen LogP contribution is 2.40. The van der Waals surface area contributed by atoms with E-state index in [2.05, 4.69) is 13.8 Å². The van der Waals surface area contributed by atoms with Gasteiger partial charge in [0, 0.05) is 0 Å². The minimum Gasteiger partial charge on any atom is -0.390 e. The lowest BCUT2D eigenvalue weighted by Crippen LogP contribution is -2.44. The van der Waals surface area contributed by atoms with Crippen LogP contribution < -0.4 is 0 Å². The smallest absolute Gasteiger partial charge is 0.0670 e. The summed E-state index contributed by atoms with van der Waals surface area (Å²) in [5, 5.41) is 9.49. The average molecular weight is 114 g/mol. The molecule has 0 bridgehead atoms. The maximum absolute atomic E-state index is 9.49. The monoisotopic (exact) mass is 114 g/mol. The summed E-state index contributed by atoms with van der Waals surface area (Å²) in [6.45, 7) is 4.17. The van der Waals surface area contributed by atoms with Crippen molar-refractivity contribution in [3.8, 4) is 0 Å². The standard InChI is InChI=1S/C7H14O/c1-3-7(8)5-4-6(7)2/h6,8H,3-5H2,1-2H3. The van der Waals surface area contributed by atoms with Crippen LogP contribution in [0.2, 0.25) is 0 Å². The molecule has 1 N–H and O–H groups in total. The highest BCUT2D eigenvalue weighted by Gasteiger charge is 2.39. The van der Waals surface area contributed by atoms with Crippen molar-refractivity contribution in [2.24, 2.45) is 5.92 Å². The van der Waals surface area contributed by atoms with Gasteiger partial charge in [0.15, 0.2) is 0 Å². The van der Waals surface area contributed by atoms with Crippen molar-refractivity contribution >= 4 is 0 Å². The fourth-order valence-electron chi connectivity index (χ4n) is 1.29. The molecule has 2 atom stereocenters. The summed E-state index contributed by atoms with van der Waals surface area (Å²) in [6, 6.07) is 0. The molecule has 0 heterocycles. The van der Waals surface area contributed by atoms with Gasteiger partial charge in [-0.05, 0) is 25.2 Å². The second-order valence-electron chi connectivity index (χ2n) is 2.90. The van der Waals surface area contributed by atoms with Crippen LogP contribution in [-0.4, -0.2) is 10.7 Å². The van der Waals surface area contributed by atoms with E-state index in [-0.39, 0.29) is 5.60 Å². The largest absolute Gasteiger partial charge is 0.390 e. The minimum atomic E-state index is -0.278. The minimum absolute atomic E-state index is 0.278. The van der Waals surface area contributed by atoms with Crippen molar-refractivity contribution in [2.45, 2.75) is 38.7 Å². The molecule has 8 heavy (non-hydrogen) atoms. The van der Waals surface area contributed by atoms with Crippen molar-refractivity contribution in [3.63, 3.8) is 0 Å². The van der Waals surface area contributed by atoms with Crippen LogP contribution in [0.3, 0.4) is 0 Å². The topological polar surface area (TPSA) is 20.2 Å². The Kier molecular flexibility index (Phi) is 1.31. The molecular weight excluding hydrogens is 100 g/mol. The molecule has 0 aromatic carbocycles. The molecule has 0 amide bonds. The fraction of sp³-hybridized carbons (Fsp3) is 1.00. The molecule has 2 unspecified atom stereocenters. The number of aliphatic hydroxyl groups is 1. The van der Waals surface area contributed by atoms with Crippen molar-refractivity contribution in [2.75, 3.05) is 0 Å². The molecule has 1 rings (SSSR count). The van der Waals surface area contributed by atoms with Crippen LogP contribution in [0, 0.1) is 5.92 Å². The first kappa shape index (κ1) is 6.09. The molecule has 1 saturated carbocycles. The van der Waals surface area contributed by atoms with E-state index in [0.717, 1.165) is 12.8 Å². The van der Waals surface area contributed by atoms with E-state index in [9.17, 15) is 5.11 Å². The zero-order valence-electron chi connectivity index (χ0n) is 5.65. The van der Waals surface area contributed by atoms with Crippen molar-refractivity contribution < 1.29 is 5.11 Å². The Balaban J connectivity index is 2.42. The number of hydrogen-bond donors (Lipinski definition) is 1. The van der Waals surface area contributed by atoms with Gasteiger partial charge >= 0.3 is 0 Å². The van der Waals surface area contributed by atoms with E-state index in [0.29, 0.717) is 5.92 Å². The number of hydrogen-bond acceptors (Lipinski definition) is 1. The van der Waals surface area contributed by atoms with Crippen molar-refractivity contribution in [1.29, 1.82) is 0 Å². The third kappa shape index (κ3) is 0.655. The van der Waals surface area contributed by atoms with Gasteiger partial charge in [-0.1, -0.05) is 13.8 Å². The van der Waals surface area contributed by atoms with E-state index >= 15 is 0 Å². The van der Waals surface area contributed by atoms with Gasteiger partial charge in [0.1, 0.15) is 0 Å². The Labute approximate surface area is 50.7 Å². The average Bonchev–Trinajstić information content (AvgIpc) is 1.83. The lowest BCUT2D eigenvalue weighted by Gasteiger charge is -2.43. The van der Waals surface area contributed by atoms with Crippen LogP contribution in [0.4, 0.5) is 0 Å². The van der Waals surface area contributed by atoms with Gasteiger partial charge in [-0.2, -0.15) is 0 Å². The summed E-state index contributed by atoms with van der Waals surface area (Å²) in [6.07, 6.45) is 3.16. The summed E-state index contributed by atoms with van der Waals surface area (Å²) in [5.74, 6) is 0.549. The van der Waals surface area contributed by atoms with Gasteiger partial charge in [-0.3, -0.25) is 0 Å². The summed E-state index contributed by atoms with van der Waals surface area (Å²) in [5.41, 5.74) is -0.278. The lowest BCUT2D eigenvalue weighted by atomic mass is 9.69. The van der Waals surface area contributed by atoms with Gasteiger partial charge in [0.2, 0.25) is 0 Å². The Morgan fingerprint density at radius 1 is 1.75 bits per heavy atom. The molecule has 1 aliphatic carbocycles. The highest BCUT2D eigenvalue weighted by molar-refractivity contribution is 4.92. The van der Waals surface area contributed by atoms with Gasteiger partial charge in [-0.25, -0.2) is 0 Å². The van der Waals surface area contributed by atoms with Gasteiger partial charge in [-0.15, -0.1) is 0 Å². The van der Waals surface area contributed by atoms with E-state index in [1.165, 1.54) is 6.42 Å². The van der Waals surface area contributed by atoms with E-state index in [1.807, 2.05) is 0 Å². The summed E-state index contributed by atoms with van der Waals surface area (Å²) in [4.78, 5) is 0. The van der Waals surface area contributed by atoms with Gasteiger partial charge in [0.25, 0.3) is 0 Å². The van der Waals surface area contributed by atoms with Crippen molar-refractivity contribution in [1.82, 2.24) is 0 Å². The Morgan fingerprint density at radius 2 is 2.38 bits per heavy atom. The van der Waals surface area contributed by atoms with Crippen LogP contribution in [0.15, 0.2) is 0 Å². The molecule has 0 aromatic heterocycles. The first-order valence-electron chi connectivity index (χ1n) is 3.41. The Morgan fingerprint density at radius 3 is 2.38 bits per heavy atom. The first-order chi connectivity index (χ1) is 3.69. The zero-order valence-corrected chi connectivity index (χ0v) is 5.65. The van der Waals surface area contributed by atoms with Crippen LogP contribution >= 0.6 is 0 Å². The number of rotatable bonds is 1. The highest BCUT2D eigenvalue weighted by atomic mass is 16.3. The van der Waals surface area contributed by atoms with Gasteiger partial charge < -0.3 is 5.11 Å². The zero-order chi connectivity index (χ0) is 6.20. The van der Waals surface area contributed by atoms with Gasteiger partial charge in [0.05, 0.1) is 5.60 Å². The van der Waals surface area contributed by atoms with Crippen molar-refractivity contribution in [3.05, 3.63) is 0 Å². The SMILES string of the molecule is CCC1(O)CCC1C. The van der Waals surface area contributed by atoms with Crippen LogP contribution in [-0.2, 0) is 0 Å². The second kappa shape index (κ2) is 1.73. The summed E-state index contributed by atoms with van der Waals surface area (Å²) in [7, 11) is 0. The maximum atomic E-state index is 9.49.